The highest BCUT2D eigenvalue weighted by Crippen LogP contribution is 2.43. The minimum Gasteiger partial charge on any atom is -0.310 e. The van der Waals surface area contributed by atoms with Crippen LogP contribution in [0.25, 0.3) is 55.0 Å². The molecule has 0 amide bonds. The summed E-state index contributed by atoms with van der Waals surface area (Å²) in [6, 6.07) is 34.8. The summed E-state index contributed by atoms with van der Waals surface area (Å²) in [4.78, 5) is 0. The Kier molecular flexibility index (Phi) is 3.26. The Morgan fingerprint density at radius 1 is 0.579 bits per heavy atom. The van der Waals surface area contributed by atoms with Gasteiger partial charge in [0.2, 0.25) is 0 Å². The molecule has 5 aromatic carbocycles. The van der Waals surface area contributed by atoms with Gasteiger partial charge in [0.15, 0.2) is 0 Å². The van der Waals surface area contributed by atoms with Crippen LogP contribution in [0, 0.1) is 5.41 Å². The maximum absolute atomic E-state index is 2.59. The van der Waals surface area contributed by atoms with E-state index < -0.39 is 0 Å². The number of hydrogen-bond donors (Lipinski definition) is 0. The summed E-state index contributed by atoms with van der Waals surface area (Å²) in [5, 5.41) is 5.48. The fraction of sp³-hybridized carbons (Fsp3) is 0.143. The molecule has 0 spiro atoms. The molecule has 178 valence electrons. The van der Waals surface area contributed by atoms with Gasteiger partial charge in [0.05, 0.1) is 16.6 Å². The Hall–Kier alpha value is -4.24. The van der Waals surface area contributed by atoms with Gasteiger partial charge < -0.3 is 9.13 Å². The van der Waals surface area contributed by atoms with E-state index in [9.17, 15) is 0 Å². The van der Waals surface area contributed by atoms with Crippen LogP contribution < -0.4 is 16.4 Å². The smallest absolute Gasteiger partial charge is 0.252 e. The lowest BCUT2D eigenvalue weighted by molar-refractivity contribution is 0.392. The molecule has 1 aliphatic carbocycles. The molecule has 0 atom stereocenters. The number of para-hydroxylation sites is 3. The zero-order chi connectivity index (χ0) is 24.9. The van der Waals surface area contributed by atoms with E-state index in [1.165, 1.54) is 82.5 Å². The van der Waals surface area contributed by atoms with Gasteiger partial charge >= 0.3 is 0 Å². The van der Waals surface area contributed by atoms with Gasteiger partial charge in [-0.05, 0) is 76.1 Å². The van der Waals surface area contributed by atoms with E-state index in [0.717, 1.165) is 12.8 Å². The number of fused-ring (bicyclic) bond motifs is 12. The van der Waals surface area contributed by atoms with E-state index in [1.807, 2.05) is 0 Å². The van der Waals surface area contributed by atoms with Crippen LogP contribution >= 0.6 is 0 Å². The average Bonchev–Trinajstić information content (AvgIpc) is 3.54. The summed E-state index contributed by atoms with van der Waals surface area (Å²) in [7, 11) is 0. The van der Waals surface area contributed by atoms with Crippen LogP contribution in [-0.4, -0.2) is 15.8 Å². The van der Waals surface area contributed by atoms with Crippen LogP contribution in [-0.2, 0) is 12.8 Å². The van der Waals surface area contributed by atoms with Crippen LogP contribution in [0.3, 0.4) is 0 Å². The lowest BCUT2D eigenvalue weighted by Gasteiger charge is -2.33. The molecule has 2 nitrogen and oxygen atoms in total. The molecule has 38 heavy (non-hydrogen) atoms. The van der Waals surface area contributed by atoms with E-state index in [0.29, 0.717) is 5.41 Å². The predicted octanol–water partition coefficient (Wildman–Crippen LogP) is 6.15. The van der Waals surface area contributed by atoms with Crippen LogP contribution in [0.2, 0.25) is 0 Å². The first-order chi connectivity index (χ1) is 18.6. The van der Waals surface area contributed by atoms with Gasteiger partial charge in [-0.25, -0.2) is 0 Å². The van der Waals surface area contributed by atoms with Gasteiger partial charge in [0.1, 0.15) is 0 Å². The van der Waals surface area contributed by atoms with Crippen molar-refractivity contribution in [3.63, 3.8) is 0 Å². The standard InChI is InChI=1S/C35H25BN2/c1-35(2)18-20-16-25-24-14-15-30-32-34(24)38(31(25)17-21(20)19-35)29-13-6-4-10-26(29)36(32)27-11-7-9-23-22-8-3-5-12-28(22)37(30)33(23)27/h3-17H,18-19H2,1-2H3. The fourth-order valence-electron chi connectivity index (χ4n) is 8.35. The van der Waals surface area contributed by atoms with Crippen molar-refractivity contribution in [2.24, 2.45) is 5.41 Å². The summed E-state index contributed by atoms with van der Waals surface area (Å²) in [5.41, 5.74) is 15.8. The first-order valence-corrected chi connectivity index (χ1v) is 13.8. The Balaban J connectivity index is 1.45. The van der Waals surface area contributed by atoms with E-state index in [-0.39, 0.29) is 6.71 Å². The number of rotatable bonds is 0. The maximum Gasteiger partial charge on any atom is 0.252 e. The van der Waals surface area contributed by atoms with Crippen molar-refractivity contribution >= 4 is 66.7 Å². The van der Waals surface area contributed by atoms with Crippen LogP contribution in [0.1, 0.15) is 25.0 Å². The Labute approximate surface area is 221 Å². The Bertz CT molecular complexity index is 2230. The van der Waals surface area contributed by atoms with Crippen molar-refractivity contribution in [3.8, 4) is 11.4 Å². The topological polar surface area (TPSA) is 9.86 Å². The van der Waals surface area contributed by atoms with Crippen molar-refractivity contribution in [1.82, 2.24) is 9.13 Å². The SMILES string of the molecule is CC1(C)Cc2cc3c4ccc5c6c4n(c3cc2C1)-c1ccccc1B6c1cccc2c3ccccc3n-5c12. The van der Waals surface area contributed by atoms with Gasteiger partial charge in [0.25, 0.3) is 6.71 Å². The van der Waals surface area contributed by atoms with Crippen molar-refractivity contribution in [3.05, 3.63) is 102 Å². The molecule has 4 heterocycles. The van der Waals surface area contributed by atoms with E-state index in [2.05, 4.69) is 114 Å². The molecule has 2 aliphatic heterocycles. The normalized spacial score (nSPS) is 16.1. The summed E-state index contributed by atoms with van der Waals surface area (Å²) >= 11 is 0. The molecule has 7 aromatic rings. The van der Waals surface area contributed by atoms with E-state index >= 15 is 0 Å². The quantitative estimate of drug-likeness (QED) is 0.229. The number of aromatic nitrogens is 2. The third-order valence-corrected chi connectivity index (χ3v) is 9.66. The monoisotopic (exact) mass is 484 g/mol. The summed E-state index contributed by atoms with van der Waals surface area (Å²) in [6.07, 6.45) is 2.32. The number of benzene rings is 5. The average molecular weight is 484 g/mol. The maximum atomic E-state index is 2.59. The molecule has 2 aromatic heterocycles. The van der Waals surface area contributed by atoms with Crippen molar-refractivity contribution in [1.29, 1.82) is 0 Å². The molecular weight excluding hydrogens is 459 g/mol. The van der Waals surface area contributed by atoms with Crippen LogP contribution in [0.15, 0.2) is 91.0 Å². The molecule has 0 unspecified atom stereocenters. The lowest BCUT2D eigenvalue weighted by atomic mass is 9.34. The molecule has 0 N–H and O–H groups in total. The van der Waals surface area contributed by atoms with E-state index in [4.69, 9.17) is 0 Å². The van der Waals surface area contributed by atoms with E-state index in [1.54, 1.807) is 0 Å². The molecule has 0 saturated heterocycles. The first kappa shape index (κ1) is 19.8. The molecule has 0 saturated carbocycles. The fourth-order valence-corrected chi connectivity index (χ4v) is 8.35. The second-order valence-electron chi connectivity index (χ2n) is 12.5. The number of nitrogens with zero attached hydrogens (tertiary/aromatic N) is 2. The summed E-state index contributed by atoms with van der Waals surface area (Å²) in [5.74, 6) is 0. The minimum absolute atomic E-state index is 0.230. The minimum atomic E-state index is 0.230. The Morgan fingerprint density at radius 2 is 1.29 bits per heavy atom. The lowest BCUT2D eigenvalue weighted by Crippen LogP contribution is -2.59. The van der Waals surface area contributed by atoms with Gasteiger partial charge in [-0.15, -0.1) is 0 Å². The second kappa shape index (κ2) is 6.24. The second-order valence-corrected chi connectivity index (χ2v) is 12.5. The van der Waals surface area contributed by atoms with Crippen LogP contribution in [0.4, 0.5) is 0 Å². The summed E-state index contributed by atoms with van der Waals surface area (Å²) < 4.78 is 5.14. The highest BCUT2D eigenvalue weighted by molar-refractivity contribution is 7.00. The van der Waals surface area contributed by atoms with Gasteiger partial charge in [0, 0.05) is 38.4 Å². The molecule has 0 bridgehead atoms. The third-order valence-electron chi connectivity index (χ3n) is 9.66. The largest absolute Gasteiger partial charge is 0.310 e. The molecular formula is C35H25BN2. The van der Waals surface area contributed by atoms with Crippen molar-refractivity contribution in [2.45, 2.75) is 26.7 Å². The molecule has 0 radical (unpaired) electrons. The number of hydrogen-bond acceptors (Lipinski definition) is 0. The molecule has 0 fully saturated rings. The van der Waals surface area contributed by atoms with Crippen LogP contribution in [0.5, 0.6) is 0 Å². The highest BCUT2D eigenvalue weighted by Gasteiger charge is 2.41. The first-order valence-electron chi connectivity index (χ1n) is 13.8. The van der Waals surface area contributed by atoms with Crippen molar-refractivity contribution in [2.75, 3.05) is 0 Å². The van der Waals surface area contributed by atoms with Gasteiger partial charge in [-0.2, -0.15) is 0 Å². The zero-order valence-electron chi connectivity index (χ0n) is 21.5. The molecule has 10 rings (SSSR count). The highest BCUT2D eigenvalue weighted by atomic mass is 15.0. The van der Waals surface area contributed by atoms with Gasteiger partial charge in [-0.3, -0.25) is 0 Å². The van der Waals surface area contributed by atoms with Crippen molar-refractivity contribution < 1.29 is 0 Å². The predicted molar refractivity (Wildman–Crippen MR) is 161 cm³/mol. The summed E-state index contributed by atoms with van der Waals surface area (Å²) in [6.45, 7) is 5.04. The third kappa shape index (κ3) is 2.13. The Morgan fingerprint density at radius 3 is 2.21 bits per heavy atom. The molecule has 3 aliphatic rings. The zero-order valence-corrected chi connectivity index (χ0v) is 21.5. The van der Waals surface area contributed by atoms with Gasteiger partial charge in [-0.1, -0.05) is 74.5 Å². The molecule has 3 heteroatoms.